The lowest BCUT2D eigenvalue weighted by atomic mass is 10.0. The van der Waals surface area contributed by atoms with Gasteiger partial charge in [0.05, 0.1) is 6.54 Å². The molecular formula is C25H26N4O4. The molecular weight excluding hydrogens is 420 g/mol. The normalized spacial score (nSPS) is 19.4. The van der Waals surface area contributed by atoms with Gasteiger partial charge in [-0.3, -0.25) is 19.2 Å². The van der Waals surface area contributed by atoms with Crippen molar-refractivity contribution in [1.29, 1.82) is 0 Å². The molecule has 0 spiro atoms. The summed E-state index contributed by atoms with van der Waals surface area (Å²) in [6.45, 7) is 1.36. The quantitative estimate of drug-likeness (QED) is 0.712. The van der Waals surface area contributed by atoms with E-state index >= 15 is 0 Å². The Labute approximate surface area is 191 Å². The van der Waals surface area contributed by atoms with Crippen molar-refractivity contribution in [2.45, 2.75) is 37.8 Å². The minimum absolute atomic E-state index is 0.00393. The Morgan fingerprint density at radius 3 is 2.33 bits per heavy atom. The molecule has 8 nitrogen and oxygen atoms in total. The maximum atomic E-state index is 13.0. The van der Waals surface area contributed by atoms with E-state index in [0.29, 0.717) is 22.4 Å². The van der Waals surface area contributed by atoms with Crippen LogP contribution in [0, 0.1) is 0 Å². The van der Waals surface area contributed by atoms with Crippen molar-refractivity contribution < 1.29 is 19.2 Å². The highest BCUT2D eigenvalue weighted by Crippen LogP contribution is 2.41. The second-order valence-electron chi connectivity index (χ2n) is 8.78. The zero-order valence-electron chi connectivity index (χ0n) is 18.3. The fourth-order valence-corrected chi connectivity index (χ4v) is 4.60. The summed E-state index contributed by atoms with van der Waals surface area (Å²) in [6.07, 6.45) is 3.84. The van der Waals surface area contributed by atoms with Crippen molar-refractivity contribution >= 4 is 29.3 Å². The van der Waals surface area contributed by atoms with E-state index in [1.807, 2.05) is 11.0 Å². The lowest BCUT2D eigenvalue weighted by Gasteiger charge is -2.24. The standard InChI is InChI=1S/C25H26N4O4/c30-21(27-17-9-7-16(8-10-17)24(32)28-13-3-4-14-28)15-26-23(31)22-19-5-1-2-6-20(19)25(33)29(22)18-11-12-18/h1-2,5-10,18,22H,3-4,11-15H2,(H,26,31)(H,27,30)/t22-/m1/s1. The van der Waals surface area contributed by atoms with Crippen LogP contribution in [0.3, 0.4) is 0 Å². The van der Waals surface area contributed by atoms with Gasteiger partial charge in [-0.2, -0.15) is 0 Å². The third-order valence-corrected chi connectivity index (χ3v) is 6.42. The van der Waals surface area contributed by atoms with Crippen LogP contribution in [-0.4, -0.2) is 59.1 Å². The fraction of sp³-hybridized carbons (Fsp3) is 0.360. The Morgan fingerprint density at radius 1 is 0.939 bits per heavy atom. The van der Waals surface area contributed by atoms with Gasteiger partial charge in [0.15, 0.2) is 0 Å². The Balaban J connectivity index is 1.18. The van der Waals surface area contributed by atoms with Gasteiger partial charge in [-0.05, 0) is 61.6 Å². The van der Waals surface area contributed by atoms with E-state index in [2.05, 4.69) is 10.6 Å². The van der Waals surface area contributed by atoms with E-state index in [1.165, 1.54) is 0 Å². The van der Waals surface area contributed by atoms with Gasteiger partial charge in [-0.1, -0.05) is 18.2 Å². The van der Waals surface area contributed by atoms with Crippen molar-refractivity contribution in [3.63, 3.8) is 0 Å². The number of amides is 4. The summed E-state index contributed by atoms with van der Waals surface area (Å²) >= 11 is 0. The Hall–Kier alpha value is -3.68. The zero-order valence-corrected chi connectivity index (χ0v) is 18.3. The number of rotatable bonds is 6. The summed E-state index contributed by atoms with van der Waals surface area (Å²) in [7, 11) is 0. The molecule has 0 bridgehead atoms. The third-order valence-electron chi connectivity index (χ3n) is 6.42. The van der Waals surface area contributed by atoms with E-state index in [-0.39, 0.29) is 36.2 Å². The largest absolute Gasteiger partial charge is 0.345 e. The molecule has 0 radical (unpaired) electrons. The van der Waals surface area contributed by atoms with Gasteiger partial charge in [-0.25, -0.2) is 0 Å². The molecule has 1 saturated heterocycles. The van der Waals surface area contributed by atoms with Crippen LogP contribution in [0.1, 0.15) is 58.0 Å². The first-order chi connectivity index (χ1) is 16.0. The molecule has 2 heterocycles. The SMILES string of the molecule is O=C(CNC(=O)[C@H]1c2ccccc2C(=O)N1C1CC1)Nc1ccc(C(=O)N2CCCC2)cc1. The molecule has 3 aliphatic rings. The number of hydrogen-bond donors (Lipinski definition) is 2. The minimum atomic E-state index is -0.704. The first kappa shape index (κ1) is 21.2. The van der Waals surface area contributed by atoms with Crippen molar-refractivity contribution in [3.05, 3.63) is 65.2 Å². The molecule has 8 heteroatoms. The number of benzene rings is 2. The molecule has 1 atom stereocenters. The number of nitrogens with one attached hydrogen (secondary N) is 2. The van der Waals surface area contributed by atoms with Crippen LogP contribution in [-0.2, 0) is 9.59 Å². The lowest BCUT2D eigenvalue weighted by molar-refractivity contribution is -0.127. The highest BCUT2D eigenvalue weighted by molar-refractivity contribution is 6.05. The summed E-state index contributed by atoms with van der Waals surface area (Å²) in [5, 5.41) is 5.42. The molecule has 170 valence electrons. The van der Waals surface area contributed by atoms with Crippen LogP contribution in [0.4, 0.5) is 5.69 Å². The molecule has 0 aromatic heterocycles. The third kappa shape index (κ3) is 4.20. The van der Waals surface area contributed by atoms with Crippen molar-refractivity contribution in [2.75, 3.05) is 25.0 Å². The average Bonchev–Trinajstić information content (AvgIpc) is 3.42. The van der Waals surface area contributed by atoms with Crippen LogP contribution in [0.2, 0.25) is 0 Å². The Morgan fingerprint density at radius 2 is 1.64 bits per heavy atom. The summed E-state index contributed by atoms with van der Waals surface area (Å²) in [4.78, 5) is 54.1. The summed E-state index contributed by atoms with van der Waals surface area (Å²) in [5.41, 5.74) is 2.38. The number of fused-ring (bicyclic) bond motifs is 1. The van der Waals surface area contributed by atoms with Crippen molar-refractivity contribution in [2.24, 2.45) is 0 Å². The number of carbonyl (C=O) groups is 4. The van der Waals surface area contributed by atoms with Gasteiger partial charge in [0.2, 0.25) is 11.8 Å². The van der Waals surface area contributed by atoms with Gasteiger partial charge in [-0.15, -0.1) is 0 Å². The van der Waals surface area contributed by atoms with E-state index in [0.717, 1.165) is 38.8 Å². The van der Waals surface area contributed by atoms with Crippen LogP contribution in [0.25, 0.3) is 0 Å². The molecule has 33 heavy (non-hydrogen) atoms. The number of likely N-dealkylation sites (tertiary alicyclic amines) is 1. The van der Waals surface area contributed by atoms with Gasteiger partial charge < -0.3 is 20.4 Å². The number of anilines is 1. The van der Waals surface area contributed by atoms with Crippen LogP contribution in [0.5, 0.6) is 0 Å². The summed E-state index contributed by atoms with van der Waals surface area (Å²) < 4.78 is 0. The maximum Gasteiger partial charge on any atom is 0.255 e. The molecule has 1 aliphatic carbocycles. The van der Waals surface area contributed by atoms with E-state index in [1.54, 1.807) is 47.4 Å². The molecule has 2 aliphatic heterocycles. The van der Waals surface area contributed by atoms with Crippen LogP contribution in [0.15, 0.2) is 48.5 Å². The minimum Gasteiger partial charge on any atom is -0.345 e. The number of nitrogens with zero attached hydrogens (tertiary/aromatic N) is 2. The molecule has 0 unspecified atom stereocenters. The van der Waals surface area contributed by atoms with Crippen molar-refractivity contribution in [3.8, 4) is 0 Å². The first-order valence-corrected chi connectivity index (χ1v) is 11.4. The first-order valence-electron chi connectivity index (χ1n) is 11.4. The predicted molar refractivity (Wildman–Crippen MR) is 122 cm³/mol. The molecule has 2 aromatic rings. The van der Waals surface area contributed by atoms with Gasteiger partial charge in [0, 0.05) is 35.9 Å². The zero-order chi connectivity index (χ0) is 22.9. The topological polar surface area (TPSA) is 98.8 Å². The van der Waals surface area contributed by atoms with Gasteiger partial charge in [0.1, 0.15) is 6.04 Å². The highest BCUT2D eigenvalue weighted by Gasteiger charge is 2.47. The molecule has 4 amide bonds. The highest BCUT2D eigenvalue weighted by atomic mass is 16.2. The van der Waals surface area contributed by atoms with Crippen LogP contribution < -0.4 is 10.6 Å². The molecule has 2 N–H and O–H groups in total. The monoisotopic (exact) mass is 446 g/mol. The van der Waals surface area contributed by atoms with Crippen molar-refractivity contribution in [1.82, 2.24) is 15.1 Å². The lowest BCUT2D eigenvalue weighted by Crippen LogP contribution is -2.42. The average molecular weight is 447 g/mol. The smallest absolute Gasteiger partial charge is 0.255 e. The summed E-state index contributed by atoms with van der Waals surface area (Å²) in [6, 6.07) is 13.3. The maximum absolute atomic E-state index is 13.0. The molecule has 1 saturated carbocycles. The van der Waals surface area contributed by atoms with Gasteiger partial charge >= 0.3 is 0 Å². The second kappa shape index (κ2) is 8.69. The van der Waals surface area contributed by atoms with E-state index < -0.39 is 6.04 Å². The molecule has 5 rings (SSSR count). The Kier molecular flexibility index (Phi) is 5.58. The van der Waals surface area contributed by atoms with E-state index in [4.69, 9.17) is 0 Å². The Bertz CT molecular complexity index is 1100. The summed E-state index contributed by atoms with van der Waals surface area (Å²) in [5.74, 6) is -0.857. The second-order valence-corrected chi connectivity index (χ2v) is 8.78. The molecule has 2 fully saturated rings. The number of carbonyl (C=O) groups excluding carboxylic acids is 4. The fourth-order valence-electron chi connectivity index (χ4n) is 4.60. The van der Waals surface area contributed by atoms with E-state index in [9.17, 15) is 19.2 Å². The van der Waals surface area contributed by atoms with Crippen LogP contribution >= 0.6 is 0 Å². The predicted octanol–water partition coefficient (Wildman–Crippen LogP) is 2.34. The van der Waals surface area contributed by atoms with Gasteiger partial charge in [0.25, 0.3) is 11.8 Å². The molecule has 2 aromatic carbocycles. The number of hydrogen-bond acceptors (Lipinski definition) is 4.